The number of rotatable bonds is 5. The SMILES string of the molecule is COc1ccc([C@@H]2C[C@H](c3ccccc3)n3nc(NC(=O)c4ccco4)nc3N2)cc1. The van der Waals surface area contributed by atoms with Gasteiger partial charge in [0.25, 0.3) is 11.9 Å². The third-order valence-electron chi connectivity index (χ3n) is 5.36. The number of carbonyl (C=O) groups is 1. The number of anilines is 2. The molecule has 5 rings (SSSR count). The minimum absolute atomic E-state index is 0.0291. The van der Waals surface area contributed by atoms with Crippen LogP contribution in [0.5, 0.6) is 5.75 Å². The molecule has 8 heteroatoms. The fraction of sp³-hybridized carbons (Fsp3) is 0.174. The van der Waals surface area contributed by atoms with E-state index in [1.54, 1.807) is 19.2 Å². The van der Waals surface area contributed by atoms with Crippen LogP contribution in [-0.2, 0) is 0 Å². The molecule has 31 heavy (non-hydrogen) atoms. The second-order valence-electron chi connectivity index (χ2n) is 7.27. The van der Waals surface area contributed by atoms with Gasteiger partial charge in [-0.25, -0.2) is 4.68 Å². The number of nitrogens with zero attached hydrogens (tertiary/aromatic N) is 3. The average Bonchev–Trinajstić information content (AvgIpc) is 3.49. The smallest absolute Gasteiger partial charge is 0.293 e. The zero-order valence-electron chi connectivity index (χ0n) is 16.9. The van der Waals surface area contributed by atoms with Crippen LogP contribution in [0, 0.1) is 0 Å². The Labute approximate surface area is 178 Å². The molecule has 0 bridgehead atoms. The maximum atomic E-state index is 12.4. The van der Waals surface area contributed by atoms with Gasteiger partial charge in [0.05, 0.1) is 25.5 Å². The van der Waals surface area contributed by atoms with Crippen LogP contribution >= 0.6 is 0 Å². The van der Waals surface area contributed by atoms with Crippen LogP contribution in [0.25, 0.3) is 0 Å². The number of nitrogens with one attached hydrogen (secondary N) is 2. The normalized spacial score (nSPS) is 17.5. The molecule has 3 heterocycles. The highest BCUT2D eigenvalue weighted by atomic mass is 16.5. The van der Waals surface area contributed by atoms with Crippen molar-refractivity contribution in [3.63, 3.8) is 0 Å². The van der Waals surface area contributed by atoms with Crippen molar-refractivity contribution in [3.05, 3.63) is 89.9 Å². The van der Waals surface area contributed by atoms with Gasteiger partial charge in [0, 0.05) is 0 Å². The molecular formula is C23H21N5O3. The van der Waals surface area contributed by atoms with Gasteiger partial charge in [-0.1, -0.05) is 42.5 Å². The second-order valence-corrected chi connectivity index (χ2v) is 7.27. The lowest BCUT2D eigenvalue weighted by Crippen LogP contribution is -2.28. The summed E-state index contributed by atoms with van der Waals surface area (Å²) in [7, 11) is 1.65. The van der Waals surface area contributed by atoms with E-state index >= 15 is 0 Å². The van der Waals surface area contributed by atoms with Gasteiger partial charge in [-0.3, -0.25) is 10.1 Å². The summed E-state index contributed by atoms with van der Waals surface area (Å²) in [5.74, 6) is 1.44. The Kier molecular flexibility index (Phi) is 4.87. The van der Waals surface area contributed by atoms with E-state index in [0.29, 0.717) is 5.95 Å². The lowest BCUT2D eigenvalue weighted by molar-refractivity contribution is 0.0995. The van der Waals surface area contributed by atoms with Crippen molar-refractivity contribution in [2.45, 2.75) is 18.5 Å². The topological polar surface area (TPSA) is 94.2 Å². The van der Waals surface area contributed by atoms with E-state index in [4.69, 9.17) is 9.15 Å². The highest BCUT2D eigenvalue weighted by Crippen LogP contribution is 2.38. The standard InChI is InChI=1S/C23H21N5O3/c1-30-17-11-9-15(10-12-17)18-14-19(16-6-3-2-4-7-16)28-23(24-18)26-22(27-28)25-21(29)20-8-5-13-31-20/h2-13,18-19H,14H2,1H3,(H2,24,25,26,27,29)/t18-,19+/m0/s1. The Morgan fingerprint density at radius 3 is 2.61 bits per heavy atom. The minimum atomic E-state index is -0.393. The van der Waals surface area contributed by atoms with Gasteiger partial charge in [0.2, 0.25) is 5.95 Å². The van der Waals surface area contributed by atoms with E-state index in [1.807, 2.05) is 47.1 Å². The number of aromatic nitrogens is 3. The molecule has 0 fully saturated rings. The summed E-state index contributed by atoms with van der Waals surface area (Å²) in [6.07, 6.45) is 2.23. The summed E-state index contributed by atoms with van der Waals surface area (Å²) in [6.45, 7) is 0. The van der Waals surface area contributed by atoms with Crippen molar-refractivity contribution in [1.29, 1.82) is 0 Å². The lowest BCUT2D eigenvalue weighted by Gasteiger charge is -2.31. The first-order chi connectivity index (χ1) is 15.2. The predicted octanol–water partition coefficient (Wildman–Crippen LogP) is 4.28. The Hall–Kier alpha value is -4.07. The molecule has 156 valence electrons. The Balaban J connectivity index is 1.48. The van der Waals surface area contributed by atoms with Crippen LogP contribution in [0.4, 0.5) is 11.9 Å². The molecule has 0 radical (unpaired) electrons. The number of ether oxygens (including phenoxy) is 1. The Morgan fingerprint density at radius 1 is 1.10 bits per heavy atom. The maximum Gasteiger partial charge on any atom is 0.293 e. The lowest BCUT2D eigenvalue weighted by atomic mass is 9.93. The van der Waals surface area contributed by atoms with Crippen molar-refractivity contribution in [3.8, 4) is 5.75 Å². The van der Waals surface area contributed by atoms with Crippen molar-refractivity contribution in [2.75, 3.05) is 17.7 Å². The molecule has 0 aliphatic carbocycles. The summed E-state index contributed by atoms with van der Waals surface area (Å²) in [5.41, 5.74) is 2.25. The number of furan rings is 1. The third-order valence-corrected chi connectivity index (χ3v) is 5.36. The van der Waals surface area contributed by atoms with E-state index in [-0.39, 0.29) is 23.8 Å². The summed E-state index contributed by atoms with van der Waals surface area (Å²) in [5, 5.41) is 10.7. The molecule has 0 saturated carbocycles. The summed E-state index contributed by atoms with van der Waals surface area (Å²) >= 11 is 0. The summed E-state index contributed by atoms with van der Waals surface area (Å²) in [6, 6.07) is 21.4. The zero-order valence-corrected chi connectivity index (χ0v) is 16.9. The van der Waals surface area contributed by atoms with Crippen LogP contribution in [0.3, 0.4) is 0 Å². The fourth-order valence-electron chi connectivity index (χ4n) is 3.81. The van der Waals surface area contributed by atoms with E-state index < -0.39 is 5.91 Å². The molecule has 8 nitrogen and oxygen atoms in total. The molecule has 1 amide bonds. The fourth-order valence-corrected chi connectivity index (χ4v) is 3.81. The largest absolute Gasteiger partial charge is 0.497 e. The van der Waals surface area contributed by atoms with Crippen LogP contribution in [0.2, 0.25) is 0 Å². The highest BCUT2D eigenvalue weighted by Gasteiger charge is 2.31. The molecule has 2 aromatic carbocycles. The van der Waals surface area contributed by atoms with Crippen LogP contribution in [0.1, 0.15) is 40.2 Å². The van der Waals surface area contributed by atoms with E-state index in [1.165, 1.54) is 6.26 Å². The second kappa shape index (κ2) is 7.98. The average molecular weight is 415 g/mol. The molecule has 4 aromatic rings. The molecule has 2 N–H and O–H groups in total. The first-order valence-corrected chi connectivity index (χ1v) is 9.98. The van der Waals surface area contributed by atoms with E-state index in [9.17, 15) is 4.79 Å². The summed E-state index contributed by atoms with van der Waals surface area (Å²) < 4.78 is 12.3. The highest BCUT2D eigenvalue weighted by molar-refractivity contribution is 6.01. The van der Waals surface area contributed by atoms with Gasteiger partial charge in [-0.15, -0.1) is 5.10 Å². The number of amides is 1. The van der Waals surface area contributed by atoms with Gasteiger partial charge in [0.1, 0.15) is 5.75 Å². The zero-order chi connectivity index (χ0) is 21.2. The number of carbonyl (C=O) groups excluding carboxylic acids is 1. The molecular weight excluding hydrogens is 394 g/mol. The molecule has 2 aromatic heterocycles. The van der Waals surface area contributed by atoms with Crippen molar-refractivity contribution < 1.29 is 13.9 Å². The minimum Gasteiger partial charge on any atom is -0.497 e. The monoisotopic (exact) mass is 415 g/mol. The maximum absolute atomic E-state index is 12.4. The first-order valence-electron chi connectivity index (χ1n) is 9.98. The van der Waals surface area contributed by atoms with Gasteiger partial charge in [0.15, 0.2) is 5.76 Å². The number of hydrogen-bond donors (Lipinski definition) is 2. The van der Waals surface area contributed by atoms with E-state index in [2.05, 4.69) is 32.8 Å². The van der Waals surface area contributed by atoms with Crippen LogP contribution in [-0.4, -0.2) is 27.8 Å². The molecule has 0 unspecified atom stereocenters. The first kappa shape index (κ1) is 18.9. The number of benzene rings is 2. The number of fused-ring (bicyclic) bond motifs is 1. The molecule has 0 spiro atoms. The molecule has 0 saturated heterocycles. The molecule has 1 aliphatic rings. The van der Waals surface area contributed by atoms with E-state index in [0.717, 1.165) is 23.3 Å². The van der Waals surface area contributed by atoms with Crippen molar-refractivity contribution in [2.24, 2.45) is 0 Å². The van der Waals surface area contributed by atoms with Gasteiger partial charge in [-0.05, 0) is 41.8 Å². The number of methoxy groups -OCH3 is 1. The van der Waals surface area contributed by atoms with Crippen molar-refractivity contribution in [1.82, 2.24) is 14.8 Å². The van der Waals surface area contributed by atoms with Crippen LogP contribution < -0.4 is 15.4 Å². The van der Waals surface area contributed by atoms with Gasteiger partial charge >= 0.3 is 0 Å². The Bertz CT molecular complexity index is 1170. The van der Waals surface area contributed by atoms with Crippen molar-refractivity contribution >= 4 is 17.8 Å². The summed E-state index contributed by atoms with van der Waals surface area (Å²) in [4.78, 5) is 16.9. The van der Waals surface area contributed by atoms with Crippen LogP contribution in [0.15, 0.2) is 77.4 Å². The Morgan fingerprint density at radius 2 is 1.90 bits per heavy atom. The predicted molar refractivity (Wildman–Crippen MR) is 115 cm³/mol. The molecule has 1 aliphatic heterocycles. The third kappa shape index (κ3) is 3.75. The molecule has 2 atom stereocenters. The van der Waals surface area contributed by atoms with Gasteiger partial charge < -0.3 is 14.5 Å². The quantitative estimate of drug-likeness (QED) is 0.505. The van der Waals surface area contributed by atoms with Gasteiger partial charge in [-0.2, -0.15) is 4.98 Å². The number of hydrogen-bond acceptors (Lipinski definition) is 6.